The molecule has 21 heavy (non-hydrogen) atoms. The highest BCUT2D eigenvalue weighted by Gasteiger charge is 2.16. The van der Waals surface area contributed by atoms with Crippen molar-refractivity contribution in [3.63, 3.8) is 0 Å². The molecule has 0 atom stereocenters. The molecule has 2 aromatic rings. The molecule has 1 aliphatic rings. The standard InChI is InChI=1S/C17H14F2O2/c18-15-9-17(21)16(19)8-14(15)12-3-1-2-10-7-13(20)5-4-11(10)6-12/h4-9,20-21H,1-3H2. The van der Waals surface area contributed by atoms with E-state index in [-0.39, 0.29) is 11.3 Å². The number of aromatic hydroxyl groups is 2. The minimum Gasteiger partial charge on any atom is -0.508 e. The molecule has 0 aliphatic heterocycles. The van der Waals surface area contributed by atoms with Crippen molar-refractivity contribution in [2.24, 2.45) is 0 Å². The quantitative estimate of drug-likeness (QED) is 0.823. The Morgan fingerprint density at radius 1 is 0.905 bits per heavy atom. The molecule has 0 spiro atoms. The van der Waals surface area contributed by atoms with Gasteiger partial charge in [0.1, 0.15) is 11.6 Å². The molecule has 2 aromatic carbocycles. The molecular formula is C17H14F2O2. The lowest BCUT2D eigenvalue weighted by Gasteiger charge is -2.08. The molecule has 108 valence electrons. The number of phenolic OH excluding ortho intramolecular Hbond substituents is 2. The van der Waals surface area contributed by atoms with Crippen LogP contribution in [0, 0.1) is 11.6 Å². The average Bonchev–Trinajstić information content (AvgIpc) is 2.64. The molecule has 0 radical (unpaired) electrons. The van der Waals surface area contributed by atoms with Gasteiger partial charge in [0.15, 0.2) is 11.6 Å². The zero-order chi connectivity index (χ0) is 15.0. The number of aryl methyl sites for hydroxylation is 1. The predicted molar refractivity (Wildman–Crippen MR) is 76.9 cm³/mol. The summed E-state index contributed by atoms with van der Waals surface area (Å²) in [5.74, 6) is -1.95. The predicted octanol–water partition coefficient (Wildman–Crippen LogP) is 4.25. The Labute approximate surface area is 121 Å². The van der Waals surface area contributed by atoms with Gasteiger partial charge in [0.25, 0.3) is 0 Å². The summed E-state index contributed by atoms with van der Waals surface area (Å²) in [4.78, 5) is 0. The third kappa shape index (κ3) is 2.61. The third-order valence-electron chi connectivity index (χ3n) is 3.73. The minimum atomic E-state index is -0.831. The molecule has 3 rings (SSSR count). The summed E-state index contributed by atoms with van der Waals surface area (Å²) in [6, 6.07) is 6.87. The van der Waals surface area contributed by atoms with Gasteiger partial charge >= 0.3 is 0 Å². The number of phenols is 2. The van der Waals surface area contributed by atoms with Gasteiger partial charge in [-0.2, -0.15) is 0 Å². The maximum absolute atomic E-state index is 14.0. The van der Waals surface area contributed by atoms with Crippen LogP contribution in [0.15, 0.2) is 30.3 Å². The Kier molecular flexibility index (Phi) is 3.37. The van der Waals surface area contributed by atoms with Crippen molar-refractivity contribution in [2.75, 3.05) is 0 Å². The number of rotatable bonds is 1. The Hall–Kier alpha value is -2.36. The summed E-state index contributed by atoms with van der Waals surface area (Å²) in [5, 5.41) is 18.7. The molecule has 0 aromatic heterocycles. The highest BCUT2D eigenvalue weighted by Crippen LogP contribution is 2.33. The van der Waals surface area contributed by atoms with Crippen molar-refractivity contribution in [1.82, 2.24) is 0 Å². The van der Waals surface area contributed by atoms with Gasteiger partial charge in [-0.25, -0.2) is 8.78 Å². The number of allylic oxidation sites excluding steroid dienone is 1. The fraction of sp³-hybridized carbons (Fsp3) is 0.176. The van der Waals surface area contributed by atoms with Crippen molar-refractivity contribution < 1.29 is 19.0 Å². The van der Waals surface area contributed by atoms with Crippen LogP contribution in [-0.4, -0.2) is 10.2 Å². The largest absolute Gasteiger partial charge is 0.508 e. The Balaban J connectivity index is 2.10. The van der Waals surface area contributed by atoms with E-state index in [1.54, 1.807) is 18.2 Å². The maximum atomic E-state index is 14.0. The molecule has 0 saturated carbocycles. The minimum absolute atomic E-state index is 0.172. The van der Waals surface area contributed by atoms with Gasteiger partial charge in [-0.1, -0.05) is 12.1 Å². The normalized spacial score (nSPS) is 14.3. The smallest absolute Gasteiger partial charge is 0.165 e. The Morgan fingerprint density at radius 2 is 1.71 bits per heavy atom. The van der Waals surface area contributed by atoms with Crippen molar-refractivity contribution in [3.05, 3.63) is 58.7 Å². The van der Waals surface area contributed by atoms with E-state index in [1.165, 1.54) is 0 Å². The second-order valence-electron chi connectivity index (χ2n) is 5.19. The second kappa shape index (κ2) is 5.20. The first-order valence-corrected chi connectivity index (χ1v) is 6.75. The summed E-state index contributed by atoms with van der Waals surface area (Å²) in [7, 11) is 0. The van der Waals surface area contributed by atoms with Crippen molar-refractivity contribution >= 4 is 11.6 Å². The summed E-state index contributed by atoms with van der Waals surface area (Å²) >= 11 is 0. The molecule has 0 bridgehead atoms. The summed E-state index contributed by atoms with van der Waals surface area (Å²) in [5.41, 5.74) is 2.75. The summed E-state index contributed by atoms with van der Waals surface area (Å²) in [6.07, 6.45) is 3.98. The van der Waals surface area contributed by atoms with Crippen LogP contribution in [0.1, 0.15) is 29.5 Å². The van der Waals surface area contributed by atoms with Crippen molar-refractivity contribution in [3.8, 4) is 11.5 Å². The van der Waals surface area contributed by atoms with Crippen LogP contribution in [0.25, 0.3) is 11.6 Å². The first-order valence-electron chi connectivity index (χ1n) is 6.75. The molecule has 4 heteroatoms. The number of hydrogen-bond donors (Lipinski definition) is 2. The molecule has 1 aliphatic carbocycles. The molecular weight excluding hydrogens is 274 g/mol. The molecule has 0 amide bonds. The van der Waals surface area contributed by atoms with Crippen LogP contribution < -0.4 is 0 Å². The lowest BCUT2D eigenvalue weighted by atomic mass is 9.99. The molecule has 0 fully saturated rings. The first-order chi connectivity index (χ1) is 10.0. The van der Waals surface area contributed by atoms with Crippen LogP contribution in [0.4, 0.5) is 8.78 Å². The third-order valence-corrected chi connectivity index (χ3v) is 3.73. The SMILES string of the molecule is Oc1ccc2c(c1)CCCC(c1cc(F)c(O)cc1F)=C2. The van der Waals surface area contributed by atoms with Gasteiger partial charge in [0.2, 0.25) is 0 Å². The molecule has 0 heterocycles. The number of halogens is 2. The molecule has 0 saturated heterocycles. The first kappa shape index (κ1) is 13.6. The fourth-order valence-corrected chi connectivity index (χ4v) is 2.67. The Morgan fingerprint density at radius 3 is 2.52 bits per heavy atom. The van der Waals surface area contributed by atoms with Gasteiger partial charge in [0, 0.05) is 11.6 Å². The van der Waals surface area contributed by atoms with Gasteiger partial charge in [-0.3, -0.25) is 0 Å². The van der Waals surface area contributed by atoms with Crippen LogP contribution in [0.3, 0.4) is 0 Å². The summed E-state index contributed by atoms with van der Waals surface area (Å²) < 4.78 is 27.5. The van der Waals surface area contributed by atoms with Crippen LogP contribution in [0.2, 0.25) is 0 Å². The Bertz CT molecular complexity index is 736. The highest BCUT2D eigenvalue weighted by atomic mass is 19.1. The van der Waals surface area contributed by atoms with Crippen molar-refractivity contribution in [1.29, 1.82) is 0 Å². The lowest BCUT2D eigenvalue weighted by molar-refractivity contribution is 0.426. The fourth-order valence-electron chi connectivity index (χ4n) is 2.67. The van der Waals surface area contributed by atoms with Gasteiger partial charge in [0.05, 0.1) is 0 Å². The van der Waals surface area contributed by atoms with Gasteiger partial charge in [-0.15, -0.1) is 0 Å². The van der Waals surface area contributed by atoms with Crippen LogP contribution >= 0.6 is 0 Å². The van der Waals surface area contributed by atoms with E-state index < -0.39 is 17.4 Å². The number of fused-ring (bicyclic) bond motifs is 1. The van der Waals surface area contributed by atoms with E-state index >= 15 is 0 Å². The van der Waals surface area contributed by atoms with Gasteiger partial charge in [-0.05, 0) is 54.2 Å². The maximum Gasteiger partial charge on any atom is 0.165 e. The number of hydrogen-bond acceptors (Lipinski definition) is 2. The monoisotopic (exact) mass is 288 g/mol. The molecule has 0 unspecified atom stereocenters. The van der Waals surface area contributed by atoms with E-state index in [2.05, 4.69) is 0 Å². The van der Waals surface area contributed by atoms with Crippen LogP contribution in [0.5, 0.6) is 11.5 Å². The van der Waals surface area contributed by atoms with E-state index in [4.69, 9.17) is 0 Å². The zero-order valence-corrected chi connectivity index (χ0v) is 11.2. The van der Waals surface area contributed by atoms with E-state index in [9.17, 15) is 19.0 Å². The average molecular weight is 288 g/mol. The van der Waals surface area contributed by atoms with E-state index in [1.807, 2.05) is 6.08 Å². The van der Waals surface area contributed by atoms with Crippen molar-refractivity contribution in [2.45, 2.75) is 19.3 Å². The molecule has 2 N–H and O–H groups in total. The van der Waals surface area contributed by atoms with E-state index in [0.717, 1.165) is 36.1 Å². The zero-order valence-electron chi connectivity index (χ0n) is 11.2. The molecule has 2 nitrogen and oxygen atoms in total. The van der Waals surface area contributed by atoms with E-state index in [0.29, 0.717) is 12.0 Å². The van der Waals surface area contributed by atoms with Crippen LogP contribution in [-0.2, 0) is 6.42 Å². The lowest BCUT2D eigenvalue weighted by Crippen LogP contribution is -1.92. The number of benzene rings is 2. The second-order valence-corrected chi connectivity index (χ2v) is 5.19. The topological polar surface area (TPSA) is 40.5 Å². The highest BCUT2D eigenvalue weighted by molar-refractivity contribution is 5.83. The summed E-state index contributed by atoms with van der Waals surface area (Å²) in [6.45, 7) is 0. The van der Waals surface area contributed by atoms with Gasteiger partial charge < -0.3 is 10.2 Å².